The number of aliphatic hydroxyl groups excluding tert-OH is 1. The summed E-state index contributed by atoms with van der Waals surface area (Å²) >= 11 is 0. The number of amides is 1. The summed E-state index contributed by atoms with van der Waals surface area (Å²) in [5.41, 5.74) is -0.264. The predicted molar refractivity (Wildman–Crippen MR) is 68.0 cm³/mol. The highest BCUT2D eigenvalue weighted by molar-refractivity contribution is 5.83. The topological polar surface area (TPSA) is 87.7 Å². The molecular formula is C12H24N2O4. The lowest BCUT2D eigenvalue weighted by atomic mass is 9.94. The SMILES string of the molecule is CCC(C)(CCO)NCC(NC(C)=O)C(=O)OC. The average Bonchev–Trinajstić information content (AvgIpc) is 2.33. The van der Waals surface area contributed by atoms with Crippen molar-refractivity contribution in [3.05, 3.63) is 0 Å². The van der Waals surface area contributed by atoms with Crippen LogP contribution in [0, 0.1) is 0 Å². The van der Waals surface area contributed by atoms with Gasteiger partial charge in [0.05, 0.1) is 7.11 Å². The summed E-state index contributed by atoms with van der Waals surface area (Å²) in [6.45, 7) is 5.65. The molecule has 0 aromatic rings. The fourth-order valence-electron chi connectivity index (χ4n) is 1.57. The van der Waals surface area contributed by atoms with E-state index in [1.807, 2.05) is 13.8 Å². The Kier molecular flexibility index (Phi) is 7.54. The fraction of sp³-hybridized carbons (Fsp3) is 0.833. The van der Waals surface area contributed by atoms with Crippen LogP contribution in [-0.2, 0) is 14.3 Å². The first-order valence-corrected chi connectivity index (χ1v) is 6.09. The summed E-state index contributed by atoms with van der Waals surface area (Å²) < 4.78 is 4.63. The van der Waals surface area contributed by atoms with E-state index in [4.69, 9.17) is 5.11 Å². The molecular weight excluding hydrogens is 236 g/mol. The monoisotopic (exact) mass is 260 g/mol. The van der Waals surface area contributed by atoms with Gasteiger partial charge < -0.3 is 20.5 Å². The van der Waals surface area contributed by atoms with Gasteiger partial charge in [-0.05, 0) is 19.8 Å². The van der Waals surface area contributed by atoms with Gasteiger partial charge in [-0.1, -0.05) is 6.92 Å². The van der Waals surface area contributed by atoms with Crippen LogP contribution in [0.5, 0.6) is 0 Å². The van der Waals surface area contributed by atoms with E-state index >= 15 is 0 Å². The highest BCUT2D eigenvalue weighted by Crippen LogP contribution is 2.13. The van der Waals surface area contributed by atoms with Crippen molar-refractivity contribution in [2.24, 2.45) is 0 Å². The number of ether oxygens (including phenoxy) is 1. The Labute approximate surface area is 108 Å². The van der Waals surface area contributed by atoms with Gasteiger partial charge in [0.25, 0.3) is 0 Å². The molecule has 0 aliphatic carbocycles. The molecule has 0 spiro atoms. The molecule has 0 aromatic carbocycles. The minimum atomic E-state index is -0.711. The molecule has 0 aliphatic heterocycles. The Morgan fingerprint density at radius 2 is 2.06 bits per heavy atom. The summed E-state index contributed by atoms with van der Waals surface area (Å²) in [6, 6.07) is -0.711. The second-order valence-electron chi connectivity index (χ2n) is 4.54. The third-order valence-corrected chi connectivity index (χ3v) is 3.04. The zero-order valence-electron chi connectivity index (χ0n) is 11.6. The minimum Gasteiger partial charge on any atom is -0.467 e. The zero-order valence-corrected chi connectivity index (χ0v) is 11.6. The van der Waals surface area contributed by atoms with E-state index in [1.54, 1.807) is 0 Å². The van der Waals surface area contributed by atoms with Crippen molar-refractivity contribution in [2.45, 2.75) is 45.2 Å². The van der Waals surface area contributed by atoms with Crippen molar-refractivity contribution in [3.8, 4) is 0 Å². The van der Waals surface area contributed by atoms with E-state index in [0.717, 1.165) is 6.42 Å². The Hall–Kier alpha value is -1.14. The molecule has 0 aromatic heterocycles. The van der Waals surface area contributed by atoms with Crippen molar-refractivity contribution in [1.82, 2.24) is 10.6 Å². The number of hydrogen-bond donors (Lipinski definition) is 3. The van der Waals surface area contributed by atoms with Crippen LogP contribution in [0.25, 0.3) is 0 Å². The zero-order chi connectivity index (χ0) is 14.2. The number of carbonyl (C=O) groups is 2. The largest absolute Gasteiger partial charge is 0.467 e. The molecule has 0 fully saturated rings. The average molecular weight is 260 g/mol. The smallest absolute Gasteiger partial charge is 0.329 e. The van der Waals surface area contributed by atoms with E-state index < -0.39 is 12.0 Å². The summed E-state index contributed by atoms with van der Waals surface area (Å²) in [6.07, 6.45) is 1.39. The summed E-state index contributed by atoms with van der Waals surface area (Å²) in [7, 11) is 1.28. The third kappa shape index (κ3) is 5.97. The molecule has 3 N–H and O–H groups in total. The first kappa shape index (κ1) is 16.9. The van der Waals surface area contributed by atoms with Gasteiger partial charge in [0.1, 0.15) is 6.04 Å². The molecule has 0 heterocycles. The molecule has 18 heavy (non-hydrogen) atoms. The number of aliphatic hydroxyl groups is 1. The minimum absolute atomic E-state index is 0.0698. The maximum atomic E-state index is 11.5. The van der Waals surface area contributed by atoms with Gasteiger partial charge in [0.15, 0.2) is 0 Å². The second-order valence-corrected chi connectivity index (χ2v) is 4.54. The van der Waals surface area contributed by atoms with E-state index in [2.05, 4.69) is 15.4 Å². The van der Waals surface area contributed by atoms with Crippen LogP contribution in [0.15, 0.2) is 0 Å². The van der Waals surface area contributed by atoms with Gasteiger partial charge >= 0.3 is 5.97 Å². The number of carbonyl (C=O) groups excluding carboxylic acids is 2. The standard InChI is InChI=1S/C12H24N2O4/c1-5-12(3,6-7-15)13-8-10(11(17)18-4)14-9(2)16/h10,13,15H,5-8H2,1-4H3,(H,14,16). The van der Waals surface area contributed by atoms with Crippen LogP contribution in [0.2, 0.25) is 0 Å². The predicted octanol–water partition coefficient (Wildman–Crippen LogP) is -0.195. The fourth-order valence-corrected chi connectivity index (χ4v) is 1.57. The third-order valence-electron chi connectivity index (χ3n) is 3.04. The quantitative estimate of drug-likeness (QED) is 0.526. The Bertz CT molecular complexity index is 283. The van der Waals surface area contributed by atoms with Gasteiger partial charge in [0.2, 0.25) is 5.91 Å². The van der Waals surface area contributed by atoms with Gasteiger partial charge in [-0.2, -0.15) is 0 Å². The highest BCUT2D eigenvalue weighted by atomic mass is 16.5. The maximum absolute atomic E-state index is 11.5. The Morgan fingerprint density at radius 1 is 1.44 bits per heavy atom. The van der Waals surface area contributed by atoms with Crippen LogP contribution in [-0.4, -0.2) is 48.8 Å². The molecule has 0 rings (SSSR count). The van der Waals surface area contributed by atoms with Crippen molar-refractivity contribution >= 4 is 11.9 Å². The molecule has 2 unspecified atom stereocenters. The Morgan fingerprint density at radius 3 is 2.44 bits per heavy atom. The molecule has 0 saturated heterocycles. The molecule has 6 heteroatoms. The number of esters is 1. The number of hydrogen-bond acceptors (Lipinski definition) is 5. The number of rotatable bonds is 8. The summed E-state index contributed by atoms with van der Waals surface area (Å²) in [5, 5.41) is 14.7. The molecule has 0 aliphatic rings. The lowest BCUT2D eigenvalue weighted by Gasteiger charge is -2.31. The first-order valence-electron chi connectivity index (χ1n) is 6.09. The van der Waals surface area contributed by atoms with E-state index in [-0.39, 0.29) is 24.6 Å². The lowest BCUT2D eigenvalue weighted by molar-refractivity contribution is -0.144. The van der Waals surface area contributed by atoms with Crippen molar-refractivity contribution in [1.29, 1.82) is 0 Å². The van der Waals surface area contributed by atoms with Crippen LogP contribution < -0.4 is 10.6 Å². The number of nitrogens with one attached hydrogen (secondary N) is 2. The van der Waals surface area contributed by atoms with Gasteiger partial charge in [0, 0.05) is 25.6 Å². The van der Waals surface area contributed by atoms with Crippen LogP contribution >= 0.6 is 0 Å². The normalized spacial score (nSPS) is 15.6. The van der Waals surface area contributed by atoms with E-state index in [1.165, 1.54) is 14.0 Å². The van der Waals surface area contributed by atoms with Crippen molar-refractivity contribution in [2.75, 3.05) is 20.3 Å². The van der Waals surface area contributed by atoms with Gasteiger partial charge in [-0.3, -0.25) is 4.79 Å². The Balaban J connectivity index is 4.49. The molecule has 6 nitrogen and oxygen atoms in total. The maximum Gasteiger partial charge on any atom is 0.329 e. The molecule has 0 saturated carbocycles. The summed E-state index contributed by atoms with van der Waals surface area (Å²) in [4.78, 5) is 22.5. The van der Waals surface area contributed by atoms with E-state index in [9.17, 15) is 9.59 Å². The van der Waals surface area contributed by atoms with Crippen molar-refractivity contribution in [3.63, 3.8) is 0 Å². The lowest BCUT2D eigenvalue weighted by Crippen LogP contribution is -2.53. The highest BCUT2D eigenvalue weighted by Gasteiger charge is 2.26. The van der Waals surface area contributed by atoms with Gasteiger partial charge in [-0.25, -0.2) is 4.79 Å². The number of methoxy groups -OCH3 is 1. The van der Waals surface area contributed by atoms with Crippen LogP contribution in [0.1, 0.15) is 33.6 Å². The molecule has 1 amide bonds. The molecule has 106 valence electrons. The molecule has 0 radical (unpaired) electrons. The van der Waals surface area contributed by atoms with Gasteiger partial charge in [-0.15, -0.1) is 0 Å². The van der Waals surface area contributed by atoms with Crippen LogP contribution in [0.3, 0.4) is 0 Å². The van der Waals surface area contributed by atoms with Crippen LogP contribution in [0.4, 0.5) is 0 Å². The molecule has 0 bridgehead atoms. The second kappa shape index (κ2) is 8.05. The first-order chi connectivity index (χ1) is 8.38. The van der Waals surface area contributed by atoms with E-state index in [0.29, 0.717) is 6.42 Å². The summed E-state index contributed by atoms with van der Waals surface area (Å²) in [5.74, 6) is -0.771. The molecule has 2 atom stereocenters. The van der Waals surface area contributed by atoms with Crippen molar-refractivity contribution < 1.29 is 19.4 Å².